The summed E-state index contributed by atoms with van der Waals surface area (Å²) >= 11 is 3.62. The summed E-state index contributed by atoms with van der Waals surface area (Å²) in [7, 11) is 0. The lowest BCUT2D eigenvalue weighted by molar-refractivity contribution is -0.144. The number of aliphatic hydroxyl groups excluding tert-OH is 1. The molecular formula is C26H35BrN6O3. The first-order chi connectivity index (χ1) is 17.1. The molecule has 0 spiro atoms. The number of β-amino-alcohol motifs (C(OH)–C–C–N with tert-alkyl or cyclic N) is 1. The molecule has 2 amide bonds. The molecule has 0 unspecified atom stereocenters. The Morgan fingerprint density at radius 1 is 1.28 bits per heavy atom. The molecule has 2 aromatic rings. The first kappa shape index (κ1) is 25.2. The number of anilines is 1. The van der Waals surface area contributed by atoms with Crippen molar-refractivity contribution < 1.29 is 14.7 Å². The van der Waals surface area contributed by atoms with Gasteiger partial charge in [-0.15, -0.1) is 5.10 Å². The Labute approximate surface area is 220 Å². The molecule has 9 nitrogen and oxygen atoms in total. The summed E-state index contributed by atoms with van der Waals surface area (Å²) in [4.78, 5) is 30.9. The van der Waals surface area contributed by atoms with Gasteiger partial charge in [-0.1, -0.05) is 48.0 Å². The summed E-state index contributed by atoms with van der Waals surface area (Å²) in [5, 5.41) is 22.0. The second-order valence-electron chi connectivity index (χ2n) is 11.3. The summed E-state index contributed by atoms with van der Waals surface area (Å²) in [5.41, 5.74) is 2.96. The van der Waals surface area contributed by atoms with Gasteiger partial charge >= 0.3 is 0 Å². The van der Waals surface area contributed by atoms with Gasteiger partial charge < -0.3 is 20.2 Å². The van der Waals surface area contributed by atoms with Gasteiger partial charge in [-0.2, -0.15) is 0 Å². The Kier molecular flexibility index (Phi) is 6.84. The van der Waals surface area contributed by atoms with Gasteiger partial charge in [0.2, 0.25) is 11.8 Å². The van der Waals surface area contributed by atoms with E-state index in [4.69, 9.17) is 0 Å². The summed E-state index contributed by atoms with van der Waals surface area (Å²) in [6.45, 7) is 8.17. The number of nitrogens with one attached hydrogen (secondary N) is 1. The van der Waals surface area contributed by atoms with Crippen molar-refractivity contribution in [2.45, 2.75) is 70.6 Å². The maximum atomic E-state index is 13.8. The molecule has 3 aliphatic rings. The minimum Gasteiger partial charge on any atom is -0.391 e. The Bertz CT molecular complexity index is 1140. The van der Waals surface area contributed by atoms with E-state index < -0.39 is 23.6 Å². The van der Waals surface area contributed by atoms with E-state index in [0.29, 0.717) is 19.0 Å². The maximum absolute atomic E-state index is 13.8. The molecule has 1 saturated carbocycles. The van der Waals surface area contributed by atoms with Crippen LogP contribution in [-0.2, 0) is 16.0 Å². The van der Waals surface area contributed by atoms with E-state index in [2.05, 4.69) is 48.6 Å². The largest absolute Gasteiger partial charge is 0.391 e. The van der Waals surface area contributed by atoms with Crippen LogP contribution in [0.5, 0.6) is 0 Å². The summed E-state index contributed by atoms with van der Waals surface area (Å²) in [6, 6.07) is 4.87. The molecule has 2 N–H and O–H groups in total. The number of likely N-dealkylation sites (tertiary alicyclic amines) is 1. The lowest BCUT2D eigenvalue weighted by Gasteiger charge is -2.34. The van der Waals surface area contributed by atoms with Crippen molar-refractivity contribution in [1.29, 1.82) is 0 Å². The van der Waals surface area contributed by atoms with Crippen molar-refractivity contribution in [2.24, 2.45) is 5.41 Å². The van der Waals surface area contributed by atoms with Gasteiger partial charge in [0, 0.05) is 54.9 Å². The number of nitrogens with zero attached hydrogens (tertiary/aromatic N) is 5. The third kappa shape index (κ3) is 5.02. The predicted octanol–water partition coefficient (Wildman–Crippen LogP) is 2.65. The Morgan fingerprint density at radius 2 is 2.06 bits per heavy atom. The van der Waals surface area contributed by atoms with Crippen molar-refractivity contribution in [3.8, 4) is 0 Å². The van der Waals surface area contributed by atoms with Gasteiger partial charge in [0.05, 0.1) is 11.8 Å². The zero-order valence-electron chi connectivity index (χ0n) is 21.2. The molecule has 10 heteroatoms. The second-order valence-corrected chi connectivity index (χ2v) is 12.2. The summed E-state index contributed by atoms with van der Waals surface area (Å²) in [5.74, 6) is 0.00791. The van der Waals surface area contributed by atoms with Gasteiger partial charge in [0.15, 0.2) is 0 Å². The number of carbonyl (C=O) groups excluding carboxylic acids is 2. The predicted molar refractivity (Wildman–Crippen MR) is 140 cm³/mol. The van der Waals surface area contributed by atoms with Crippen molar-refractivity contribution in [3.63, 3.8) is 0 Å². The van der Waals surface area contributed by atoms with E-state index in [9.17, 15) is 14.7 Å². The molecule has 2 aliphatic heterocycles. The Balaban J connectivity index is 1.25. The minimum atomic E-state index is -0.731. The molecule has 36 heavy (non-hydrogen) atoms. The first-order valence-electron chi connectivity index (χ1n) is 12.8. The monoisotopic (exact) mass is 558 g/mol. The van der Waals surface area contributed by atoms with Crippen LogP contribution in [0, 0.1) is 5.41 Å². The maximum Gasteiger partial charge on any atom is 0.248 e. The van der Waals surface area contributed by atoms with Crippen LogP contribution >= 0.6 is 15.9 Å². The Morgan fingerprint density at radius 3 is 2.78 bits per heavy atom. The fourth-order valence-electron chi connectivity index (χ4n) is 5.45. The highest BCUT2D eigenvalue weighted by molar-refractivity contribution is 9.10. The van der Waals surface area contributed by atoms with E-state index in [0.717, 1.165) is 36.0 Å². The van der Waals surface area contributed by atoms with Crippen molar-refractivity contribution in [3.05, 3.63) is 40.1 Å². The highest BCUT2D eigenvalue weighted by Gasteiger charge is 2.45. The SMILES string of the molecule is CC(C)(C)[C@@H](C(=O)N1C[C@H](O)C[C@H]1C(=O)NCCN1CCc2c(Br)cccc21)n1cc(C2CC2)nn1. The molecule has 0 radical (unpaired) electrons. The fourth-order valence-corrected chi connectivity index (χ4v) is 6.00. The standard InChI is InChI=1S/C26H35BrN6O3/c1-26(2,3)23(33-15-20(29-30-33)16-7-8-16)25(36)32-14-17(34)13-22(32)24(35)28-10-12-31-11-9-18-19(27)5-4-6-21(18)31/h4-6,15-17,22-23,34H,7-14H2,1-3H3,(H,28,35)/t17-,22+,23-/m1/s1. The van der Waals surface area contributed by atoms with Gasteiger partial charge in [0.1, 0.15) is 12.1 Å². The fraction of sp³-hybridized carbons (Fsp3) is 0.615. The Hall–Kier alpha value is -2.46. The zero-order chi connectivity index (χ0) is 25.6. The normalized spacial score (nSPS) is 22.6. The number of aromatic nitrogens is 3. The number of amides is 2. The van der Waals surface area contributed by atoms with Crippen molar-refractivity contribution >= 4 is 33.4 Å². The van der Waals surface area contributed by atoms with Gasteiger partial charge in [-0.05, 0) is 42.4 Å². The number of carbonyl (C=O) groups is 2. The van der Waals surface area contributed by atoms with Crippen molar-refractivity contribution in [2.75, 3.05) is 31.1 Å². The zero-order valence-corrected chi connectivity index (χ0v) is 22.7. The highest BCUT2D eigenvalue weighted by Crippen LogP contribution is 2.40. The molecule has 0 bridgehead atoms. The number of benzene rings is 1. The lowest BCUT2D eigenvalue weighted by Crippen LogP contribution is -2.51. The number of hydrogen-bond donors (Lipinski definition) is 2. The average molecular weight is 560 g/mol. The third-order valence-electron chi connectivity index (χ3n) is 7.45. The topological polar surface area (TPSA) is 104 Å². The molecule has 1 aromatic heterocycles. The van der Waals surface area contributed by atoms with Crippen LogP contribution in [-0.4, -0.2) is 75.1 Å². The van der Waals surface area contributed by atoms with E-state index in [-0.39, 0.29) is 24.8 Å². The van der Waals surface area contributed by atoms with Crippen LogP contribution < -0.4 is 10.2 Å². The number of rotatable bonds is 7. The third-order valence-corrected chi connectivity index (χ3v) is 8.20. The van der Waals surface area contributed by atoms with E-state index >= 15 is 0 Å². The van der Waals surface area contributed by atoms with Crippen molar-refractivity contribution in [1.82, 2.24) is 25.2 Å². The number of hydrogen-bond acceptors (Lipinski definition) is 6. The molecule has 2 fully saturated rings. The van der Waals surface area contributed by atoms with Crippen LogP contribution in [0.1, 0.15) is 63.3 Å². The van der Waals surface area contributed by atoms with Gasteiger partial charge in [0.25, 0.3) is 0 Å². The molecule has 194 valence electrons. The molecule has 1 saturated heterocycles. The van der Waals surface area contributed by atoms with Crippen LogP contribution in [0.3, 0.4) is 0 Å². The van der Waals surface area contributed by atoms with Gasteiger partial charge in [-0.3, -0.25) is 9.59 Å². The highest BCUT2D eigenvalue weighted by atomic mass is 79.9. The second kappa shape index (κ2) is 9.78. The van der Waals surface area contributed by atoms with Crippen LogP contribution in [0.4, 0.5) is 5.69 Å². The van der Waals surface area contributed by atoms with Crippen LogP contribution in [0.15, 0.2) is 28.9 Å². The molecule has 3 heterocycles. The average Bonchev–Trinajstić information content (AvgIpc) is 3.21. The molecule has 1 aliphatic carbocycles. The molecule has 1 aromatic carbocycles. The van der Waals surface area contributed by atoms with E-state index in [1.165, 1.54) is 16.2 Å². The molecule has 3 atom stereocenters. The molecular weight excluding hydrogens is 524 g/mol. The molecule has 5 rings (SSSR count). The van der Waals surface area contributed by atoms with E-state index in [1.54, 1.807) is 4.68 Å². The lowest BCUT2D eigenvalue weighted by atomic mass is 9.85. The summed E-state index contributed by atoms with van der Waals surface area (Å²) in [6.07, 6.45) is 4.56. The number of fused-ring (bicyclic) bond motifs is 1. The van der Waals surface area contributed by atoms with Crippen LogP contribution in [0.2, 0.25) is 0 Å². The minimum absolute atomic E-state index is 0.140. The smallest absolute Gasteiger partial charge is 0.248 e. The number of halogens is 1. The van der Waals surface area contributed by atoms with Gasteiger partial charge in [-0.25, -0.2) is 4.68 Å². The number of aliphatic hydroxyl groups is 1. The quantitative estimate of drug-likeness (QED) is 0.541. The van der Waals surface area contributed by atoms with Crippen LogP contribution in [0.25, 0.3) is 0 Å². The summed E-state index contributed by atoms with van der Waals surface area (Å²) < 4.78 is 2.77. The first-order valence-corrected chi connectivity index (χ1v) is 13.6. The van der Waals surface area contributed by atoms with E-state index in [1.807, 2.05) is 33.0 Å².